The van der Waals surface area contributed by atoms with Gasteiger partial charge in [-0.1, -0.05) is 0 Å². The predicted molar refractivity (Wildman–Crippen MR) is 65.1 cm³/mol. The molecule has 0 saturated carbocycles. The molecule has 0 radical (unpaired) electrons. The molecule has 3 N–H and O–H groups in total. The number of aromatic nitrogens is 2. The zero-order valence-electron chi connectivity index (χ0n) is 10.2. The molecule has 1 aromatic rings. The van der Waals surface area contributed by atoms with Crippen molar-refractivity contribution < 1.29 is 9.47 Å². The number of hydrogen-bond donors (Lipinski definition) is 2. The van der Waals surface area contributed by atoms with Gasteiger partial charge in [-0.3, -0.25) is 0 Å². The van der Waals surface area contributed by atoms with E-state index in [1.807, 2.05) is 6.92 Å². The van der Waals surface area contributed by atoms with E-state index in [4.69, 9.17) is 15.2 Å². The molecular formula is C11H18N4O2. The number of hydrogen-bond acceptors (Lipinski definition) is 6. The maximum Gasteiger partial charge on any atom is 0.242 e. The van der Waals surface area contributed by atoms with Crippen molar-refractivity contribution in [1.29, 1.82) is 0 Å². The van der Waals surface area contributed by atoms with E-state index in [1.165, 1.54) is 0 Å². The van der Waals surface area contributed by atoms with Crippen molar-refractivity contribution in [2.24, 2.45) is 0 Å². The van der Waals surface area contributed by atoms with Crippen molar-refractivity contribution in [1.82, 2.24) is 9.97 Å². The van der Waals surface area contributed by atoms with Crippen molar-refractivity contribution in [3.8, 4) is 5.88 Å². The van der Waals surface area contributed by atoms with Crippen molar-refractivity contribution in [3.05, 3.63) is 5.82 Å². The highest BCUT2D eigenvalue weighted by molar-refractivity contribution is 5.66. The summed E-state index contributed by atoms with van der Waals surface area (Å²) in [5.41, 5.74) is 6.33. The minimum absolute atomic E-state index is 0.0399. The van der Waals surface area contributed by atoms with E-state index in [1.54, 1.807) is 7.11 Å². The lowest BCUT2D eigenvalue weighted by Crippen LogP contribution is -2.11. The molecule has 17 heavy (non-hydrogen) atoms. The van der Waals surface area contributed by atoms with Crippen LogP contribution >= 0.6 is 0 Å². The second-order valence-corrected chi connectivity index (χ2v) is 3.89. The Morgan fingerprint density at radius 2 is 2.35 bits per heavy atom. The van der Waals surface area contributed by atoms with Gasteiger partial charge in [-0.25, -0.2) is 4.98 Å². The van der Waals surface area contributed by atoms with Crippen LogP contribution < -0.4 is 15.8 Å². The number of methoxy groups -OCH3 is 1. The van der Waals surface area contributed by atoms with Crippen LogP contribution in [-0.4, -0.2) is 30.2 Å². The number of rotatable bonds is 4. The molecule has 1 fully saturated rings. The van der Waals surface area contributed by atoms with Crippen LogP contribution in [-0.2, 0) is 4.74 Å². The molecule has 0 bridgehead atoms. The van der Waals surface area contributed by atoms with Gasteiger partial charge >= 0.3 is 0 Å². The number of nitrogens with zero attached hydrogens (tertiary/aromatic N) is 2. The first kappa shape index (κ1) is 11.9. The third-order valence-electron chi connectivity index (χ3n) is 2.68. The van der Waals surface area contributed by atoms with Gasteiger partial charge in [-0.2, -0.15) is 4.98 Å². The summed E-state index contributed by atoms with van der Waals surface area (Å²) in [6.07, 6.45) is 1.94. The average molecular weight is 238 g/mol. The van der Waals surface area contributed by atoms with Crippen LogP contribution in [0.15, 0.2) is 0 Å². The largest absolute Gasteiger partial charge is 0.479 e. The lowest BCUT2D eigenvalue weighted by atomic mass is 10.2. The van der Waals surface area contributed by atoms with Crippen LogP contribution in [0.5, 0.6) is 5.88 Å². The Bertz CT molecular complexity index is 391. The van der Waals surface area contributed by atoms with E-state index < -0.39 is 0 Å². The number of nitrogens with one attached hydrogen (secondary N) is 1. The maximum absolute atomic E-state index is 5.89. The fourth-order valence-electron chi connectivity index (χ4n) is 1.85. The molecule has 0 aromatic carbocycles. The second kappa shape index (κ2) is 5.18. The Balaban J connectivity index is 2.35. The van der Waals surface area contributed by atoms with Crippen LogP contribution in [0.4, 0.5) is 11.5 Å². The van der Waals surface area contributed by atoms with E-state index in [0.717, 1.165) is 26.0 Å². The smallest absolute Gasteiger partial charge is 0.242 e. The number of anilines is 2. The van der Waals surface area contributed by atoms with E-state index in [0.29, 0.717) is 23.2 Å². The van der Waals surface area contributed by atoms with Crippen molar-refractivity contribution >= 4 is 11.5 Å². The first-order chi connectivity index (χ1) is 8.26. The summed E-state index contributed by atoms with van der Waals surface area (Å²) >= 11 is 0. The van der Waals surface area contributed by atoms with Gasteiger partial charge in [0.25, 0.3) is 0 Å². The van der Waals surface area contributed by atoms with E-state index in [9.17, 15) is 0 Å². The fourth-order valence-corrected chi connectivity index (χ4v) is 1.85. The Morgan fingerprint density at radius 3 is 2.94 bits per heavy atom. The molecule has 2 heterocycles. The summed E-state index contributed by atoms with van der Waals surface area (Å²) < 4.78 is 10.7. The average Bonchev–Trinajstić information content (AvgIpc) is 2.85. The van der Waals surface area contributed by atoms with Gasteiger partial charge in [-0.15, -0.1) is 0 Å². The first-order valence-corrected chi connectivity index (χ1v) is 5.83. The molecule has 1 aliphatic rings. The minimum Gasteiger partial charge on any atom is -0.479 e. The summed E-state index contributed by atoms with van der Waals surface area (Å²) in [4.78, 5) is 8.69. The summed E-state index contributed by atoms with van der Waals surface area (Å²) in [6, 6.07) is 0. The van der Waals surface area contributed by atoms with Crippen molar-refractivity contribution in [2.75, 3.05) is 31.3 Å². The Labute approximate surface area is 101 Å². The van der Waals surface area contributed by atoms with Gasteiger partial charge in [0.1, 0.15) is 11.8 Å². The van der Waals surface area contributed by atoms with Crippen LogP contribution in [0.3, 0.4) is 0 Å². The zero-order valence-corrected chi connectivity index (χ0v) is 10.2. The lowest BCUT2D eigenvalue weighted by molar-refractivity contribution is 0.104. The fraction of sp³-hybridized carbons (Fsp3) is 0.636. The Hall–Kier alpha value is -1.56. The molecule has 1 atom stereocenters. The van der Waals surface area contributed by atoms with Gasteiger partial charge in [0.15, 0.2) is 11.6 Å². The number of nitrogen functional groups attached to an aromatic ring is 1. The molecule has 94 valence electrons. The minimum atomic E-state index is -0.0399. The zero-order chi connectivity index (χ0) is 12.3. The quantitative estimate of drug-likeness (QED) is 0.824. The van der Waals surface area contributed by atoms with Crippen molar-refractivity contribution in [3.63, 3.8) is 0 Å². The number of ether oxygens (including phenoxy) is 2. The summed E-state index contributed by atoms with van der Waals surface area (Å²) in [5.74, 6) is 1.66. The van der Waals surface area contributed by atoms with Gasteiger partial charge < -0.3 is 20.5 Å². The monoisotopic (exact) mass is 238 g/mol. The van der Waals surface area contributed by atoms with Crippen LogP contribution in [0.1, 0.15) is 31.7 Å². The summed E-state index contributed by atoms with van der Waals surface area (Å²) in [6.45, 7) is 3.49. The molecule has 6 nitrogen and oxygen atoms in total. The van der Waals surface area contributed by atoms with E-state index in [-0.39, 0.29) is 6.10 Å². The summed E-state index contributed by atoms with van der Waals surface area (Å²) in [5, 5.41) is 3.10. The van der Waals surface area contributed by atoms with Gasteiger partial charge in [0.2, 0.25) is 5.88 Å². The van der Waals surface area contributed by atoms with Crippen LogP contribution in [0.2, 0.25) is 0 Å². The summed E-state index contributed by atoms with van der Waals surface area (Å²) in [7, 11) is 1.55. The highest BCUT2D eigenvalue weighted by atomic mass is 16.5. The number of nitrogens with two attached hydrogens (primary N) is 1. The Morgan fingerprint density at radius 1 is 1.53 bits per heavy atom. The van der Waals surface area contributed by atoms with E-state index >= 15 is 0 Å². The van der Waals surface area contributed by atoms with Gasteiger partial charge in [-0.05, 0) is 19.8 Å². The normalized spacial score (nSPS) is 19.3. The molecule has 1 unspecified atom stereocenters. The first-order valence-electron chi connectivity index (χ1n) is 5.83. The SMILES string of the molecule is CCNc1nc(C2CCCO2)nc(OC)c1N. The van der Waals surface area contributed by atoms with Crippen LogP contribution in [0, 0.1) is 0 Å². The van der Waals surface area contributed by atoms with Gasteiger partial charge in [0.05, 0.1) is 7.11 Å². The third-order valence-corrected chi connectivity index (χ3v) is 2.68. The second-order valence-electron chi connectivity index (χ2n) is 3.89. The van der Waals surface area contributed by atoms with Crippen LogP contribution in [0.25, 0.3) is 0 Å². The van der Waals surface area contributed by atoms with Crippen molar-refractivity contribution in [2.45, 2.75) is 25.9 Å². The van der Waals surface area contributed by atoms with E-state index in [2.05, 4.69) is 15.3 Å². The molecule has 6 heteroatoms. The highest BCUT2D eigenvalue weighted by Crippen LogP contribution is 2.32. The molecule has 1 saturated heterocycles. The Kier molecular flexibility index (Phi) is 3.63. The molecule has 2 rings (SSSR count). The standard InChI is InChI=1S/C11H18N4O2/c1-3-13-10-8(12)11(16-2)15-9(14-10)7-5-4-6-17-7/h7H,3-6,12H2,1-2H3,(H,13,14,15). The predicted octanol–water partition coefficient (Wildman–Crippen LogP) is 1.35. The molecule has 0 aliphatic carbocycles. The molecule has 1 aliphatic heterocycles. The molecule has 0 spiro atoms. The third kappa shape index (κ3) is 2.41. The lowest BCUT2D eigenvalue weighted by Gasteiger charge is -2.14. The molecule has 0 amide bonds. The van der Waals surface area contributed by atoms with Gasteiger partial charge in [0, 0.05) is 13.2 Å². The highest BCUT2D eigenvalue weighted by Gasteiger charge is 2.23. The molecular weight excluding hydrogens is 220 g/mol. The maximum atomic E-state index is 5.89. The molecule has 1 aromatic heterocycles. The topological polar surface area (TPSA) is 82.3 Å².